The summed E-state index contributed by atoms with van der Waals surface area (Å²) >= 11 is 0. The van der Waals surface area contributed by atoms with Crippen molar-refractivity contribution in [1.29, 1.82) is 0 Å². The van der Waals surface area contributed by atoms with Crippen molar-refractivity contribution in [3.63, 3.8) is 0 Å². The maximum absolute atomic E-state index is 13.1. The minimum Gasteiger partial charge on any atom is -0.442 e. The lowest BCUT2D eigenvalue weighted by molar-refractivity contribution is -0.119. The van der Waals surface area contributed by atoms with Crippen molar-refractivity contribution < 1.29 is 19.1 Å². The topological polar surface area (TPSA) is 80.6 Å². The van der Waals surface area contributed by atoms with E-state index in [-0.39, 0.29) is 24.3 Å². The highest BCUT2D eigenvalue weighted by atomic mass is 16.6. The van der Waals surface area contributed by atoms with Gasteiger partial charge in [-0.3, -0.25) is 14.5 Å². The van der Waals surface area contributed by atoms with E-state index in [2.05, 4.69) is 5.32 Å². The van der Waals surface area contributed by atoms with Crippen LogP contribution < -0.4 is 10.2 Å². The zero-order valence-corrected chi connectivity index (χ0v) is 17.2. The van der Waals surface area contributed by atoms with E-state index < -0.39 is 6.09 Å². The second-order valence-electron chi connectivity index (χ2n) is 7.79. The molecule has 2 aromatic rings. The molecule has 0 bridgehead atoms. The number of nitrogens with one attached hydrogen (secondary N) is 1. The Labute approximate surface area is 175 Å². The molecule has 30 heavy (non-hydrogen) atoms. The zero-order valence-electron chi connectivity index (χ0n) is 17.2. The molecule has 1 N–H and O–H groups in total. The fourth-order valence-corrected chi connectivity index (χ4v) is 3.97. The largest absolute Gasteiger partial charge is 0.442 e. The normalized spacial score (nSPS) is 20.1. The van der Waals surface area contributed by atoms with E-state index in [1.165, 1.54) is 6.92 Å². The van der Waals surface area contributed by atoms with Gasteiger partial charge in [0.05, 0.1) is 13.1 Å². The first-order valence-electron chi connectivity index (χ1n) is 10.1. The van der Waals surface area contributed by atoms with E-state index >= 15 is 0 Å². The number of hydrogen-bond acceptors (Lipinski definition) is 4. The highest BCUT2D eigenvalue weighted by molar-refractivity contribution is 6.12. The third-order valence-corrected chi connectivity index (χ3v) is 5.59. The summed E-state index contributed by atoms with van der Waals surface area (Å²) in [5.41, 5.74) is 4.17. The van der Waals surface area contributed by atoms with Crippen molar-refractivity contribution in [1.82, 2.24) is 9.88 Å². The molecular weight excluding hydrogens is 382 g/mol. The number of Topliss-reactive ketones (excluding diaryl/α,β-unsaturated/α-hetero) is 1. The number of fused-ring (bicyclic) bond motifs is 1. The molecule has 1 aromatic heterocycles. The summed E-state index contributed by atoms with van der Waals surface area (Å²) in [6.45, 7) is 2.08. The van der Waals surface area contributed by atoms with Crippen LogP contribution in [0.1, 0.15) is 41.4 Å². The van der Waals surface area contributed by atoms with Crippen LogP contribution in [0.5, 0.6) is 0 Å². The van der Waals surface area contributed by atoms with E-state index in [9.17, 15) is 14.4 Å². The van der Waals surface area contributed by atoms with Crippen molar-refractivity contribution in [3.8, 4) is 0 Å². The first-order valence-corrected chi connectivity index (χ1v) is 10.1. The lowest BCUT2D eigenvalue weighted by Crippen LogP contribution is -2.33. The van der Waals surface area contributed by atoms with E-state index in [0.717, 1.165) is 36.1 Å². The first-order chi connectivity index (χ1) is 14.4. The number of carbonyl (C=O) groups is 3. The van der Waals surface area contributed by atoms with E-state index in [0.29, 0.717) is 17.8 Å². The van der Waals surface area contributed by atoms with Crippen molar-refractivity contribution in [2.24, 2.45) is 7.05 Å². The first kappa shape index (κ1) is 19.9. The van der Waals surface area contributed by atoms with Gasteiger partial charge < -0.3 is 14.6 Å². The van der Waals surface area contributed by atoms with Crippen molar-refractivity contribution in [2.45, 2.75) is 32.3 Å². The molecule has 4 rings (SSSR count). The number of benzene rings is 1. The fourth-order valence-electron chi connectivity index (χ4n) is 3.97. The number of rotatable bonds is 4. The second-order valence-corrected chi connectivity index (χ2v) is 7.79. The van der Waals surface area contributed by atoms with Crippen LogP contribution in [0, 0.1) is 0 Å². The molecule has 0 radical (unpaired) electrons. The number of carbonyl (C=O) groups excluding carboxylic acids is 3. The minimum absolute atomic E-state index is 0.0442. The summed E-state index contributed by atoms with van der Waals surface area (Å²) in [5.74, 6) is -0.116. The summed E-state index contributed by atoms with van der Waals surface area (Å²) in [6, 6.07) is 9.48. The Bertz CT molecular complexity index is 1040. The third kappa shape index (κ3) is 4.01. The fraction of sp³-hybridized carbons (Fsp3) is 0.348. The molecule has 1 aromatic carbocycles. The number of aromatic nitrogens is 1. The molecule has 1 aliphatic heterocycles. The number of allylic oxidation sites excluding steroid dienone is 1. The van der Waals surface area contributed by atoms with Crippen LogP contribution in [0.4, 0.5) is 10.5 Å². The number of nitrogens with zero attached hydrogens (tertiary/aromatic N) is 2. The smallest absolute Gasteiger partial charge is 0.414 e. The number of amides is 2. The van der Waals surface area contributed by atoms with Crippen molar-refractivity contribution >= 4 is 29.5 Å². The van der Waals surface area contributed by atoms with Gasteiger partial charge in [0.15, 0.2) is 5.78 Å². The third-order valence-electron chi connectivity index (χ3n) is 5.59. The summed E-state index contributed by atoms with van der Waals surface area (Å²) in [5, 5.41) is 2.68. The summed E-state index contributed by atoms with van der Waals surface area (Å²) in [4.78, 5) is 38.1. The highest BCUT2D eigenvalue weighted by Gasteiger charge is 2.33. The van der Waals surface area contributed by atoms with Crippen LogP contribution in [-0.2, 0) is 23.0 Å². The predicted molar refractivity (Wildman–Crippen MR) is 113 cm³/mol. The Morgan fingerprint density at radius 1 is 1.27 bits per heavy atom. The maximum Gasteiger partial charge on any atom is 0.414 e. The predicted octanol–water partition coefficient (Wildman–Crippen LogP) is 3.09. The Morgan fingerprint density at radius 2 is 2.10 bits per heavy atom. The quantitative estimate of drug-likeness (QED) is 0.624. The van der Waals surface area contributed by atoms with Crippen molar-refractivity contribution in [2.75, 3.05) is 18.0 Å². The van der Waals surface area contributed by atoms with Crippen LogP contribution in [0.3, 0.4) is 0 Å². The van der Waals surface area contributed by atoms with Gasteiger partial charge in [-0.1, -0.05) is 0 Å². The number of ether oxygens (including phenoxy) is 1. The lowest BCUT2D eigenvalue weighted by atomic mass is 9.98. The van der Waals surface area contributed by atoms with Gasteiger partial charge in [-0.2, -0.15) is 0 Å². The van der Waals surface area contributed by atoms with Crippen LogP contribution in [0.2, 0.25) is 0 Å². The molecule has 1 saturated heterocycles. The number of aryl methyl sites for hydroxylation is 2. The molecule has 7 heteroatoms. The molecule has 0 unspecified atom stereocenters. The van der Waals surface area contributed by atoms with Gasteiger partial charge >= 0.3 is 6.09 Å². The zero-order chi connectivity index (χ0) is 21.3. The molecular formula is C23H25N3O4. The molecule has 156 valence electrons. The van der Waals surface area contributed by atoms with Gasteiger partial charge in [0.2, 0.25) is 5.91 Å². The maximum atomic E-state index is 13.1. The number of hydrogen-bond donors (Lipinski definition) is 1. The number of cyclic esters (lactones) is 1. The summed E-state index contributed by atoms with van der Waals surface area (Å²) < 4.78 is 7.34. The van der Waals surface area contributed by atoms with Gasteiger partial charge in [-0.05, 0) is 61.2 Å². The molecule has 2 amide bonds. The minimum atomic E-state index is -0.436. The van der Waals surface area contributed by atoms with Gasteiger partial charge in [0.1, 0.15) is 6.10 Å². The van der Waals surface area contributed by atoms with Crippen LogP contribution >= 0.6 is 0 Å². The van der Waals surface area contributed by atoms with Crippen molar-refractivity contribution in [3.05, 3.63) is 58.9 Å². The van der Waals surface area contributed by atoms with Gasteiger partial charge in [0, 0.05) is 42.7 Å². The summed E-state index contributed by atoms with van der Waals surface area (Å²) in [7, 11) is 1.96. The molecule has 0 spiro atoms. The Kier molecular flexibility index (Phi) is 5.44. The average Bonchev–Trinajstić information content (AvgIpc) is 3.25. The van der Waals surface area contributed by atoms with Crippen LogP contribution in [0.25, 0.3) is 6.08 Å². The van der Waals surface area contributed by atoms with Crippen LogP contribution in [-0.4, -0.2) is 41.5 Å². The summed E-state index contributed by atoms with van der Waals surface area (Å²) in [6.07, 6.45) is 5.47. The van der Waals surface area contributed by atoms with E-state index in [1.807, 2.05) is 48.2 Å². The molecule has 1 aliphatic carbocycles. The molecule has 2 heterocycles. The number of anilines is 1. The van der Waals surface area contributed by atoms with Gasteiger partial charge in [0.25, 0.3) is 0 Å². The Balaban J connectivity index is 1.56. The number of ketones is 1. The molecule has 1 fully saturated rings. The van der Waals surface area contributed by atoms with E-state index in [4.69, 9.17) is 4.74 Å². The lowest BCUT2D eigenvalue weighted by Gasteiger charge is -2.16. The molecule has 7 nitrogen and oxygen atoms in total. The van der Waals surface area contributed by atoms with E-state index in [1.54, 1.807) is 11.0 Å². The average molecular weight is 407 g/mol. The SMILES string of the molecule is CC(=O)NC[C@H]1CN(c2ccc3c(c2)CCC/C(=C/c2cccn2C)C3=O)C(=O)O1. The molecule has 1 atom stereocenters. The van der Waals surface area contributed by atoms with Crippen LogP contribution in [0.15, 0.2) is 42.1 Å². The Hall–Kier alpha value is -3.35. The molecule has 0 saturated carbocycles. The monoisotopic (exact) mass is 407 g/mol. The highest BCUT2D eigenvalue weighted by Crippen LogP contribution is 2.30. The second kappa shape index (κ2) is 8.18. The Morgan fingerprint density at radius 3 is 2.83 bits per heavy atom. The molecule has 2 aliphatic rings. The van der Waals surface area contributed by atoms with Gasteiger partial charge in [-0.15, -0.1) is 0 Å². The van der Waals surface area contributed by atoms with Gasteiger partial charge in [-0.25, -0.2) is 4.79 Å². The standard InChI is InChI=1S/C23H25N3O4/c1-15(27)24-13-20-14-26(23(29)30-20)19-8-9-21-16(11-19)5-3-6-17(22(21)28)12-18-7-4-10-25(18)2/h4,7-12,20H,3,5-6,13-14H2,1-2H3,(H,24,27)/b17-12-/t20-/m0/s1.